The first-order valence-corrected chi connectivity index (χ1v) is 11.8. The van der Waals surface area contributed by atoms with Crippen molar-refractivity contribution in [2.24, 2.45) is 0 Å². The summed E-state index contributed by atoms with van der Waals surface area (Å²) in [5.74, 6) is -1.29. The van der Waals surface area contributed by atoms with E-state index >= 15 is 0 Å². The second kappa shape index (κ2) is 8.62. The quantitative estimate of drug-likeness (QED) is 0.422. The average Bonchev–Trinajstić information content (AvgIpc) is 3.49. The molecule has 40 heavy (non-hydrogen) atoms. The number of anilines is 1. The van der Waals surface area contributed by atoms with Crippen LogP contribution in [-0.2, 0) is 6.54 Å². The zero-order chi connectivity index (χ0) is 29.6. The van der Waals surface area contributed by atoms with Crippen molar-refractivity contribution in [2.75, 3.05) is 4.90 Å². The lowest BCUT2D eigenvalue weighted by Gasteiger charge is -2.76. The summed E-state index contributed by atoms with van der Waals surface area (Å²) >= 11 is 0. The number of carbonyl (C=O) groups is 1. The predicted octanol–water partition coefficient (Wildman–Crippen LogP) is -1.35. The fourth-order valence-corrected chi connectivity index (χ4v) is 5.12. The molecule has 2 N–H and O–H groups in total. The number of carbonyl (C=O) groups excluding carboxylic acids is 1. The van der Waals surface area contributed by atoms with Crippen LogP contribution in [0.25, 0.3) is 16.9 Å². The Morgan fingerprint density at radius 1 is 1.05 bits per heavy atom. The topological polar surface area (TPSA) is 107 Å². The molecule has 5 rings (SSSR count). The molecule has 2 aliphatic rings. The third-order valence-corrected chi connectivity index (χ3v) is 7.83. The van der Waals surface area contributed by atoms with Crippen LogP contribution in [0, 0.1) is 17.1 Å². The Bertz CT molecular complexity index is 1590. The molecule has 8 nitrogen and oxygen atoms in total. The van der Waals surface area contributed by atoms with E-state index in [2.05, 4.69) is 15.4 Å². The first kappa shape index (κ1) is 28.3. The van der Waals surface area contributed by atoms with Gasteiger partial charge < -0.3 is 15.3 Å². The third-order valence-electron chi connectivity index (χ3n) is 7.83. The van der Waals surface area contributed by atoms with Gasteiger partial charge in [-0.15, -0.1) is 0 Å². The SMILES string of the molecule is [B]C1([B])N(c2ccn(-c3cc(-c4c(F)cccc4C#N)nc4c3C(=O)NC4)n2)C([B])([B])[C@](C)(O)C([B])([B])C1([B])[B]. The van der Waals surface area contributed by atoms with E-state index in [9.17, 15) is 19.6 Å². The molecule has 0 aliphatic carbocycles. The normalized spacial score (nSPS) is 23.6. The van der Waals surface area contributed by atoms with Gasteiger partial charge in [-0.1, -0.05) is 16.5 Å². The Morgan fingerprint density at radius 2 is 1.73 bits per heavy atom. The molecular formula is C23H13B8FN6O2. The number of nitrogens with zero attached hydrogens (tertiary/aromatic N) is 5. The number of amides is 1. The molecule has 178 valence electrons. The number of pyridine rings is 1. The molecule has 2 aromatic heterocycles. The predicted molar refractivity (Wildman–Crippen MR) is 153 cm³/mol. The lowest BCUT2D eigenvalue weighted by molar-refractivity contribution is -0.00784. The summed E-state index contributed by atoms with van der Waals surface area (Å²) in [7, 11) is 50.0. The highest BCUT2D eigenvalue weighted by Gasteiger charge is 2.66. The maximum atomic E-state index is 14.9. The lowest BCUT2D eigenvalue weighted by Crippen LogP contribution is -2.84. The van der Waals surface area contributed by atoms with Gasteiger partial charge in [0, 0.05) is 12.3 Å². The van der Waals surface area contributed by atoms with Crippen molar-refractivity contribution >= 4 is 74.5 Å². The number of nitrogens with one attached hydrogen (secondary N) is 1. The zero-order valence-corrected chi connectivity index (χ0v) is 21.3. The van der Waals surface area contributed by atoms with Gasteiger partial charge in [-0.25, -0.2) is 14.1 Å². The molecule has 16 radical (unpaired) electrons. The van der Waals surface area contributed by atoms with Gasteiger partial charge in [0.05, 0.1) is 115 Å². The summed E-state index contributed by atoms with van der Waals surface area (Å²) in [6.07, 6.45) is 1.40. The first-order chi connectivity index (χ1) is 18.4. The van der Waals surface area contributed by atoms with Crippen molar-refractivity contribution in [3.05, 3.63) is 59.2 Å². The van der Waals surface area contributed by atoms with Crippen LogP contribution in [0.3, 0.4) is 0 Å². The molecule has 0 bridgehead atoms. The van der Waals surface area contributed by atoms with Gasteiger partial charge in [0.2, 0.25) is 0 Å². The molecule has 1 saturated heterocycles. The van der Waals surface area contributed by atoms with Gasteiger partial charge in [-0.2, -0.15) is 10.4 Å². The average molecular weight is 511 g/mol. The Kier molecular flexibility index (Phi) is 6.10. The Balaban J connectivity index is 1.71. The molecule has 17 heteroatoms. The molecule has 4 heterocycles. The summed E-state index contributed by atoms with van der Waals surface area (Å²) in [6.45, 7) is 1.17. The van der Waals surface area contributed by atoms with Crippen molar-refractivity contribution in [3.8, 4) is 23.0 Å². The lowest BCUT2D eigenvalue weighted by atomic mass is 9.12. The summed E-state index contributed by atoms with van der Waals surface area (Å²) in [5, 5.41) is 18.3. The maximum absolute atomic E-state index is 14.9. The van der Waals surface area contributed by atoms with Gasteiger partial charge in [0.25, 0.3) is 5.91 Å². The van der Waals surface area contributed by atoms with Crippen LogP contribution in [-0.4, -0.2) is 105 Å². The van der Waals surface area contributed by atoms with E-state index in [1.807, 2.05) is 6.07 Å². The minimum atomic E-state index is -2.40. The number of aliphatic hydroxyl groups is 1. The molecule has 1 aromatic carbocycles. The summed E-state index contributed by atoms with van der Waals surface area (Å²) in [4.78, 5) is 18.1. The zero-order valence-electron chi connectivity index (χ0n) is 21.3. The highest BCUT2D eigenvalue weighted by molar-refractivity contribution is 6.65. The summed E-state index contributed by atoms with van der Waals surface area (Å²) in [5.41, 5.74) is -1.75. The summed E-state index contributed by atoms with van der Waals surface area (Å²) in [6, 6.07) is 8.72. The molecule has 3 aromatic rings. The molecule has 1 amide bonds. The fraction of sp³-hybridized carbons (Fsp3) is 0.304. The smallest absolute Gasteiger partial charge is 0.255 e. The molecule has 2 aliphatic heterocycles. The van der Waals surface area contributed by atoms with Crippen molar-refractivity contribution in [1.82, 2.24) is 20.1 Å². The van der Waals surface area contributed by atoms with Crippen LogP contribution >= 0.6 is 0 Å². The van der Waals surface area contributed by atoms with E-state index in [0.29, 0.717) is 5.69 Å². The third kappa shape index (κ3) is 3.47. The van der Waals surface area contributed by atoms with E-state index < -0.39 is 38.4 Å². The van der Waals surface area contributed by atoms with Gasteiger partial charge in [0.1, 0.15) is 11.6 Å². The second-order valence-electron chi connectivity index (χ2n) is 10.2. The number of aromatic nitrogens is 3. The van der Waals surface area contributed by atoms with E-state index in [1.165, 1.54) is 41.2 Å². The molecule has 0 spiro atoms. The number of hydrogen-bond donors (Lipinski definition) is 2. The van der Waals surface area contributed by atoms with E-state index in [-0.39, 0.29) is 40.4 Å². The van der Waals surface area contributed by atoms with Gasteiger partial charge in [0.15, 0.2) is 0 Å². The van der Waals surface area contributed by atoms with Gasteiger partial charge >= 0.3 is 0 Å². The van der Waals surface area contributed by atoms with Crippen molar-refractivity contribution < 1.29 is 14.3 Å². The number of fused-ring (bicyclic) bond motifs is 1. The molecule has 1 fully saturated rings. The minimum Gasteiger partial charge on any atom is -0.390 e. The Labute approximate surface area is 241 Å². The molecule has 0 saturated carbocycles. The minimum absolute atomic E-state index is 0.0359. The van der Waals surface area contributed by atoms with Crippen LogP contribution < -0.4 is 10.2 Å². The van der Waals surface area contributed by atoms with Crippen LogP contribution in [0.2, 0.25) is 10.4 Å². The maximum Gasteiger partial charge on any atom is 0.255 e. The number of benzene rings is 1. The second-order valence-corrected chi connectivity index (χ2v) is 10.2. The first-order valence-electron chi connectivity index (χ1n) is 11.8. The Morgan fingerprint density at radius 3 is 2.38 bits per heavy atom. The van der Waals surface area contributed by atoms with Crippen molar-refractivity contribution in [1.29, 1.82) is 5.26 Å². The van der Waals surface area contributed by atoms with Crippen LogP contribution in [0.15, 0.2) is 36.5 Å². The van der Waals surface area contributed by atoms with Gasteiger partial charge in [-0.05, 0) is 35.8 Å². The van der Waals surface area contributed by atoms with Crippen LogP contribution in [0.1, 0.15) is 28.5 Å². The monoisotopic (exact) mass is 512 g/mol. The highest BCUT2D eigenvalue weighted by atomic mass is 19.1. The van der Waals surface area contributed by atoms with Gasteiger partial charge in [-0.3, -0.25) is 4.79 Å². The highest BCUT2D eigenvalue weighted by Crippen LogP contribution is 2.64. The number of piperidine rings is 1. The molecule has 0 unspecified atom stereocenters. The fourth-order valence-electron chi connectivity index (χ4n) is 5.12. The largest absolute Gasteiger partial charge is 0.390 e. The summed E-state index contributed by atoms with van der Waals surface area (Å²) < 4.78 is 16.1. The van der Waals surface area contributed by atoms with Crippen LogP contribution in [0.5, 0.6) is 0 Å². The van der Waals surface area contributed by atoms with E-state index in [4.69, 9.17) is 62.8 Å². The Hall–Kier alpha value is -3.25. The van der Waals surface area contributed by atoms with E-state index in [1.54, 1.807) is 0 Å². The van der Waals surface area contributed by atoms with Crippen LogP contribution in [0.4, 0.5) is 10.2 Å². The number of halogens is 1. The van der Waals surface area contributed by atoms with E-state index in [0.717, 1.165) is 11.8 Å². The molecule has 1 atom stereocenters. The number of rotatable bonds is 3. The number of nitriles is 1. The van der Waals surface area contributed by atoms with Crippen molar-refractivity contribution in [2.45, 2.75) is 40.2 Å². The van der Waals surface area contributed by atoms with Crippen molar-refractivity contribution in [3.63, 3.8) is 0 Å². The molecular weight excluding hydrogens is 498 g/mol. The number of hydrogen-bond acceptors (Lipinski definition) is 6. The standard InChI is InChI=1S/C23H13B8FN6O2/c1-19(40)20(24,25)21(26,27)23(30,31)38(22(19,28)29)15-5-6-37(36-15)14-7-12(35-13-9-34-18(39)17(13)14)16-10(8-33)3-2-4-11(16)32/h2-7,40H,9H2,1H3,(H,34,39)/t19-/m1/s1.